The first-order valence-corrected chi connectivity index (χ1v) is 16.2. The van der Waals surface area contributed by atoms with Gasteiger partial charge in [-0.05, 0) is 84.0 Å². The highest BCUT2D eigenvalue weighted by Gasteiger charge is 2.34. The van der Waals surface area contributed by atoms with Crippen molar-refractivity contribution in [2.75, 3.05) is 17.4 Å². The molecule has 0 bridgehead atoms. The number of nitrogens with zero attached hydrogens (tertiary/aromatic N) is 2. The van der Waals surface area contributed by atoms with Gasteiger partial charge in [-0.25, -0.2) is 8.42 Å². The topological polar surface area (TPSA) is 86.8 Å². The average molecular weight is 716 g/mol. The third-order valence-electron chi connectivity index (χ3n) is 6.33. The van der Waals surface area contributed by atoms with E-state index in [1.807, 2.05) is 6.92 Å². The van der Waals surface area contributed by atoms with Gasteiger partial charge in [-0.1, -0.05) is 67.7 Å². The molecule has 2 amide bonds. The fraction of sp³-hybridized carbons (Fsp3) is 0.310. The number of hydrogen-bond acceptors (Lipinski definition) is 4. The van der Waals surface area contributed by atoms with E-state index in [-0.39, 0.29) is 17.3 Å². The molecule has 3 aromatic carbocycles. The van der Waals surface area contributed by atoms with E-state index in [1.54, 1.807) is 67.6 Å². The number of carbonyl (C=O) groups excluding carboxylic acids is 2. The number of anilines is 1. The molecule has 7 nitrogen and oxygen atoms in total. The van der Waals surface area contributed by atoms with E-state index in [0.29, 0.717) is 34.3 Å². The van der Waals surface area contributed by atoms with Crippen LogP contribution in [0.5, 0.6) is 0 Å². The van der Waals surface area contributed by atoms with E-state index in [0.717, 1.165) is 20.7 Å². The lowest BCUT2D eigenvalue weighted by Gasteiger charge is -2.33. The van der Waals surface area contributed by atoms with Gasteiger partial charge in [0, 0.05) is 32.3 Å². The number of halogens is 3. The number of benzene rings is 3. The first-order chi connectivity index (χ1) is 19.1. The third kappa shape index (κ3) is 8.11. The minimum Gasteiger partial charge on any atom is -0.354 e. The second-order valence-electron chi connectivity index (χ2n) is 9.09. The summed E-state index contributed by atoms with van der Waals surface area (Å²) in [5.41, 5.74) is 0.805. The van der Waals surface area contributed by atoms with Crippen molar-refractivity contribution in [1.29, 1.82) is 0 Å². The van der Waals surface area contributed by atoms with E-state index >= 15 is 0 Å². The van der Waals surface area contributed by atoms with Crippen molar-refractivity contribution in [3.63, 3.8) is 0 Å². The lowest BCUT2D eigenvalue weighted by molar-refractivity contribution is -0.140. The monoisotopic (exact) mass is 715 g/mol. The fourth-order valence-corrected chi connectivity index (χ4v) is 6.45. The highest BCUT2D eigenvalue weighted by molar-refractivity contribution is 14.1. The molecule has 11 heteroatoms. The van der Waals surface area contributed by atoms with Crippen molar-refractivity contribution in [2.24, 2.45) is 0 Å². The Morgan fingerprint density at radius 2 is 1.55 bits per heavy atom. The van der Waals surface area contributed by atoms with Crippen molar-refractivity contribution in [2.45, 2.75) is 50.6 Å². The average Bonchev–Trinajstić information content (AvgIpc) is 2.94. The molecule has 0 fully saturated rings. The normalized spacial score (nSPS) is 12.0. The summed E-state index contributed by atoms with van der Waals surface area (Å²) < 4.78 is 29.6. The van der Waals surface area contributed by atoms with Crippen LogP contribution in [0.25, 0.3) is 0 Å². The Kier molecular flexibility index (Phi) is 12.1. The Morgan fingerprint density at radius 3 is 2.12 bits per heavy atom. The predicted molar refractivity (Wildman–Crippen MR) is 169 cm³/mol. The van der Waals surface area contributed by atoms with Crippen LogP contribution < -0.4 is 9.62 Å². The molecule has 214 valence electrons. The van der Waals surface area contributed by atoms with Gasteiger partial charge in [0.05, 0.1) is 10.6 Å². The van der Waals surface area contributed by atoms with Gasteiger partial charge in [-0.3, -0.25) is 13.9 Å². The molecule has 3 aromatic rings. The standard InChI is InChI=1S/C29H32Cl2IN3O4S/c1-3-5-18-33-29(37)27(4-2)34(19-24-25(30)12-9-13-26(24)31)28(36)20-35(22-16-14-21(32)15-17-22)40(38,39)23-10-7-6-8-11-23/h6-17,27H,3-5,18-20H2,1-2H3,(H,33,37). The van der Waals surface area contributed by atoms with E-state index in [9.17, 15) is 18.0 Å². The largest absolute Gasteiger partial charge is 0.354 e. The molecular formula is C29H32Cl2IN3O4S. The zero-order chi connectivity index (χ0) is 29.3. The second-order valence-corrected chi connectivity index (χ2v) is 13.0. The van der Waals surface area contributed by atoms with Crippen LogP contribution in [-0.2, 0) is 26.2 Å². The first kappa shape index (κ1) is 32.2. The number of amides is 2. The zero-order valence-electron chi connectivity index (χ0n) is 22.3. The van der Waals surface area contributed by atoms with Gasteiger partial charge in [0.1, 0.15) is 12.6 Å². The maximum atomic E-state index is 14.1. The van der Waals surface area contributed by atoms with Crippen molar-refractivity contribution < 1.29 is 18.0 Å². The van der Waals surface area contributed by atoms with Crippen molar-refractivity contribution in [3.8, 4) is 0 Å². The summed E-state index contributed by atoms with van der Waals surface area (Å²) in [7, 11) is -4.12. The molecule has 1 N–H and O–H groups in total. The maximum absolute atomic E-state index is 14.1. The van der Waals surface area contributed by atoms with Gasteiger partial charge in [0.2, 0.25) is 11.8 Å². The molecule has 0 aliphatic rings. The van der Waals surface area contributed by atoms with Gasteiger partial charge >= 0.3 is 0 Å². The maximum Gasteiger partial charge on any atom is 0.264 e. The second kappa shape index (κ2) is 15.0. The van der Waals surface area contributed by atoms with Crippen LogP contribution in [0.15, 0.2) is 77.7 Å². The lowest BCUT2D eigenvalue weighted by atomic mass is 10.1. The number of hydrogen-bond donors (Lipinski definition) is 1. The molecule has 0 aliphatic carbocycles. The number of rotatable bonds is 13. The minimum atomic E-state index is -4.12. The Bertz CT molecular complexity index is 1390. The van der Waals surface area contributed by atoms with Crippen LogP contribution in [0, 0.1) is 3.57 Å². The predicted octanol–water partition coefficient (Wildman–Crippen LogP) is 6.52. The molecule has 0 saturated carbocycles. The molecule has 1 atom stereocenters. The summed E-state index contributed by atoms with van der Waals surface area (Å²) in [5, 5.41) is 3.59. The van der Waals surface area contributed by atoms with E-state index < -0.39 is 28.5 Å². The van der Waals surface area contributed by atoms with Crippen LogP contribution in [0.1, 0.15) is 38.7 Å². The summed E-state index contributed by atoms with van der Waals surface area (Å²) in [5.74, 6) is -0.884. The molecule has 0 heterocycles. The summed E-state index contributed by atoms with van der Waals surface area (Å²) >= 11 is 15.0. The van der Waals surface area contributed by atoms with Crippen LogP contribution in [0.3, 0.4) is 0 Å². The summed E-state index contributed by atoms with van der Waals surface area (Å²) in [6, 6.07) is 18.9. The number of carbonyl (C=O) groups is 2. The quantitative estimate of drug-likeness (QED) is 0.161. The number of unbranched alkanes of at least 4 members (excludes halogenated alkanes) is 1. The van der Waals surface area contributed by atoms with E-state index in [1.165, 1.54) is 17.0 Å². The molecule has 3 rings (SSSR count). The van der Waals surface area contributed by atoms with Gasteiger partial charge < -0.3 is 10.2 Å². The summed E-state index contributed by atoms with van der Waals surface area (Å²) in [4.78, 5) is 28.8. The van der Waals surface area contributed by atoms with Crippen LogP contribution in [-0.4, -0.2) is 44.3 Å². The highest BCUT2D eigenvalue weighted by atomic mass is 127. The Labute approximate surface area is 260 Å². The van der Waals surface area contributed by atoms with E-state index in [2.05, 4.69) is 27.9 Å². The zero-order valence-corrected chi connectivity index (χ0v) is 26.8. The van der Waals surface area contributed by atoms with Gasteiger partial charge in [-0.15, -0.1) is 0 Å². The Hall–Kier alpha value is -2.34. The number of sulfonamides is 1. The molecule has 1 unspecified atom stereocenters. The van der Waals surface area contributed by atoms with E-state index in [4.69, 9.17) is 23.2 Å². The SMILES string of the molecule is CCCCNC(=O)C(CC)N(Cc1c(Cl)cccc1Cl)C(=O)CN(c1ccc(I)cc1)S(=O)(=O)c1ccccc1. The van der Waals surface area contributed by atoms with Crippen molar-refractivity contribution >= 4 is 73.3 Å². The van der Waals surface area contributed by atoms with Crippen molar-refractivity contribution in [1.82, 2.24) is 10.2 Å². The molecule has 0 radical (unpaired) electrons. The molecular weight excluding hydrogens is 684 g/mol. The molecule has 0 aliphatic heterocycles. The fourth-order valence-electron chi connectivity index (χ4n) is 4.14. The number of nitrogens with one attached hydrogen (secondary N) is 1. The van der Waals surface area contributed by atoms with Gasteiger partial charge in [0.15, 0.2) is 0 Å². The Balaban J connectivity index is 2.06. The summed E-state index contributed by atoms with van der Waals surface area (Å²) in [6.07, 6.45) is 2.00. The molecule has 0 saturated heterocycles. The molecule has 40 heavy (non-hydrogen) atoms. The van der Waals surface area contributed by atoms with Gasteiger partial charge in [-0.2, -0.15) is 0 Å². The Morgan fingerprint density at radius 1 is 0.925 bits per heavy atom. The smallest absolute Gasteiger partial charge is 0.264 e. The van der Waals surface area contributed by atoms with Crippen LogP contribution >= 0.6 is 45.8 Å². The van der Waals surface area contributed by atoms with Crippen molar-refractivity contribution in [3.05, 3.63) is 92.0 Å². The minimum absolute atomic E-state index is 0.0476. The van der Waals surface area contributed by atoms with Crippen LogP contribution in [0.2, 0.25) is 10.0 Å². The molecule has 0 aromatic heterocycles. The van der Waals surface area contributed by atoms with Crippen LogP contribution in [0.4, 0.5) is 5.69 Å². The third-order valence-corrected chi connectivity index (χ3v) is 9.55. The van der Waals surface area contributed by atoms with Gasteiger partial charge in [0.25, 0.3) is 10.0 Å². The first-order valence-electron chi connectivity index (χ1n) is 12.9. The molecule has 0 spiro atoms. The highest BCUT2D eigenvalue weighted by Crippen LogP contribution is 2.29. The summed E-state index contributed by atoms with van der Waals surface area (Å²) in [6.45, 7) is 3.70. The lowest BCUT2D eigenvalue weighted by Crippen LogP contribution is -2.52.